The van der Waals surface area contributed by atoms with Crippen LogP contribution in [0.25, 0.3) is 0 Å². The summed E-state index contributed by atoms with van der Waals surface area (Å²) in [4.78, 5) is 23.5. The van der Waals surface area contributed by atoms with E-state index in [1.54, 1.807) is 0 Å². The van der Waals surface area contributed by atoms with Crippen LogP contribution in [0.2, 0.25) is 0 Å². The average Bonchev–Trinajstić information content (AvgIpc) is 2.67. The monoisotopic (exact) mass is 346 g/mol. The average molecular weight is 346 g/mol. The fourth-order valence-electron chi connectivity index (χ4n) is 3.96. The summed E-state index contributed by atoms with van der Waals surface area (Å²) in [7, 11) is 0. The first-order valence-electron chi connectivity index (χ1n) is 9.51. The van der Waals surface area contributed by atoms with Gasteiger partial charge in [-0.25, -0.2) is 4.98 Å². The maximum atomic E-state index is 12.6. The number of rotatable bonds is 5. The molecule has 1 amide bonds. The van der Waals surface area contributed by atoms with Gasteiger partial charge in [0.2, 0.25) is 5.91 Å². The van der Waals surface area contributed by atoms with Crippen LogP contribution in [-0.4, -0.2) is 77.2 Å². The molecule has 0 aromatic carbocycles. The summed E-state index contributed by atoms with van der Waals surface area (Å²) >= 11 is 0. The number of carbonyl (C=O) groups is 1. The van der Waals surface area contributed by atoms with Gasteiger partial charge in [-0.15, -0.1) is 0 Å². The van der Waals surface area contributed by atoms with Crippen molar-refractivity contribution in [2.24, 2.45) is 0 Å². The van der Waals surface area contributed by atoms with Gasteiger partial charge >= 0.3 is 0 Å². The van der Waals surface area contributed by atoms with Crippen LogP contribution in [0.1, 0.15) is 32.6 Å². The molecule has 2 atom stereocenters. The molecule has 0 spiro atoms. The molecule has 6 heteroatoms. The van der Waals surface area contributed by atoms with Crippen molar-refractivity contribution in [2.45, 2.75) is 44.8 Å². The normalized spacial score (nSPS) is 23.5. The van der Waals surface area contributed by atoms with Crippen molar-refractivity contribution in [3.05, 3.63) is 24.4 Å². The molecule has 25 heavy (non-hydrogen) atoms. The van der Waals surface area contributed by atoms with Gasteiger partial charge in [0, 0.05) is 51.4 Å². The molecule has 6 nitrogen and oxygen atoms in total. The van der Waals surface area contributed by atoms with Crippen molar-refractivity contribution in [2.75, 3.05) is 44.2 Å². The molecule has 0 bridgehead atoms. The van der Waals surface area contributed by atoms with Crippen LogP contribution in [0.15, 0.2) is 24.4 Å². The topological polar surface area (TPSA) is 59.9 Å². The Morgan fingerprint density at radius 1 is 1.24 bits per heavy atom. The number of hydrogen-bond donors (Lipinski definition) is 1. The summed E-state index contributed by atoms with van der Waals surface area (Å²) < 4.78 is 0. The Morgan fingerprint density at radius 2 is 2.04 bits per heavy atom. The molecule has 2 unspecified atom stereocenters. The largest absolute Gasteiger partial charge is 0.392 e. The zero-order chi connectivity index (χ0) is 17.6. The molecular formula is C19H30N4O2. The van der Waals surface area contributed by atoms with Crippen molar-refractivity contribution >= 4 is 11.7 Å². The zero-order valence-electron chi connectivity index (χ0n) is 15.2. The van der Waals surface area contributed by atoms with Crippen molar-refractivity contribution < 1.29 is 9.90 Å². The molecule has 138 valence electrons. The van der Waals surface area contributed by atoms with E-state index in [0.717, 1.165) is 51.5 Å². The predicted molar refractivity (Wildman–Crippen MR) is 98.5 cm³/mol. The van der Waals surface area contributed by atoms with E-state index in [2.05, 4.69) is 14.8 Å². The van der Waals surface area contributed by atoms with Crippen molar-refractivity contribution in [1.82, 2.24) is 14.8 Å². The Bertz CT molecular complexity index is 544. The van der Waals surface area contributed by atoms with Crippen LogP contribution < -0.4 is 4.90 Å². The number of aliphatic hydroxyl groups is 1. The Hall–Kier alpha value is -1.66. The van der Waals surface area contributed by atoms with Crippen LogP contribution in [0.4, 0.5) is 5.82 Å². The summed E-state index contributed by atoms with van der Waals surface area (Å²) in [5.41, 5.74) is 0. The molecule has 3 heterocycles. The van der Waals surface area contributed by atoms with Crippen LogP contribution in [0.3, 0.4) is 0 Å². The van der Waals surface area contributed by atoms with Crippen molar-refractivity contribution in [1.29, 1.82) is 0 Å². The number of likely N-dealkylation sites (tertiary alicyclic amines) is 1. The number of anilines is 1. The second kappa shape index (κ2) is 8.63. The number of piperidine rings is 1. The van der Waals surface area contributed by atoms with E-state index in [0.29, 0.717) is 6.42 Å². The van der Waals surface area contributed by atoms with Crippen molar-refractivity contribution in [3.8, 4) is 0 Å². The fraction of sp³-hybridized carbons (Fsp3) is 0.684. The number of nitrogens with zero attached hydrogens (tertiary/aromatic N) is 4. The van der Waals surface area contributed by atoms with Gasteiger partial charge in [-0.05, 0) is 38.4 Å². The third-order valence-corrected chi connectivity index (χ3v) is 5.44. The first kappa shape index (κ1) is 18.1. The number of pyridine rings is 1. The minimum Gasteiger partial charge on any atom is -0.392 e. The SMILES string of the molecule is CC(O)C1CCCCN1CCC(=O)N1CCN(c2ccccn2)CC1. The van der Waals surface area contributed by atoms with Gasteiger partial charge in [0.1, 0.15) is 5.82 Å². The third-order valence-electron chi connectivity index (χ3n) is 5.44. The minimum atomic E-state index is -0.322. The summed E-state index contributed by atoms with van der Waals surface area (Å²) in [6.07, 6.45) is 5.42. The fourth-order valence-corrected chi connectivity index (χ4v) is 3.96. The maximum Gasteiger partial charge on any atom is 0.223 e. The molecule has 0 radical (unpaired) electrons. The van der Waals surface area contributed by atoms with Gasteiger partial charge in [-0.3, -0.25) is 9.69 Å². The lowest BCUT2D eigenvalue weighted by molar-refractivity contribution is -0.132. The highest BCUT2D eigenvalue weighted by Gasteiger charge is 2.27. The zero-order valence-corrected chi connectivity index (χ0v) is 15.2. The first-order valence-corrected chi connectivity index (χ1v) is 9.51. The maximum absolute atomic E-state index is 12.6. The van der Waals surface area contributed by atoms with E-state index in [4.69, 9.17) is 0 Å². The molecule has 2 saturated heterocycles. The molecular weight excluding hydrogens is 316 g/mol. The quantitative estimate of drug-likeness (QED) is 0.872. The van der Waals surface area contributed by atoms with E-state index in [9.17, 15) is 9.90 Å². The highest BCUT2D eigenvalue weighted by molar-refractivity contribution is 5.76. The number of piperazine rings is 1. The molecule has 2 aliphatic rings. The highest BCUT2D eigenvalue weighted by Crippen LogP contribution is 2.20. The Labute approximate surface area is 150 Å². The number of carbonyl (C=O) groups excluding carboxylic acids is 1. The first-order chi connectivity index (χ1) is 12.1. The summed E-state index contributed by atoms with van der Waals surface area (Å²) in [5.74, 6) is 1.22. The molecule has 2 fully saturated rings. The molecule has 1 aromatic rings. The van der Waals surface area contributed by atoms with Crippen LogP contribution >= 0.6 is 0 Å². The Morgan fingerprint density at radius 3 is 2.72 bits per heavy atom. The third kappa shape index (κ3) is 4.70. The lowest BCUT2D eigenvalue weighted by atomic mass is 9.98. The number of aromatic nitrogens is 1. The molecule has 0 saturated carbocycles. The van der Waals surface area contributed by atoms with Gasteiger partial charge in [0.15, 0.2) is 0 Å². The smallest absolute Gasteiger partial charge is 0.223 e. The van der Waals surface area contributed by atoms with Gasteiger partial charge in [0.05, 0.1) is 6.10 Å². The lowest BCUT2D eigenvalue weighted by Gasteiger charge is -2.38. The standard InChI is InChI=1S/C19H30N4O2/c1-16(24)17-6-3-5-10-21(17)11-8-19(25)23-14-12-22(13-15-23)18-7-2-4-9-20-18/h2,4,7,9,16-17,24H,3,5-6,8,10-15H2,1H3. The number of amides is 1. The number of hydrogen-bond acceptors (Lipinski definition) is 5. The summed E-state index contributed by atoms with van der Waals surface area (Å²) in [6.45, 7) is 6.81. The molecule has 1 aromatic heterocycles. The van der Waals surface area contributed by atoms with Gasteiger partial charge in [0.25, 0.3) is 0 Å². The van der Waals surface area contributed by atoms with E-state index < -0.39 is 0 Å². The second-order valence-corrected chi connectivity index (χ2v) is 7.15. The molecule has 3 rings (SSSR count). The Kier molecular flexibility index (Phi) is 6.26. The van der Waals surface area contributed by atoms with E-state index >= 15 is 0 Å². The molecule has 1 N–H and O–H groups in total. The molecule has 0 aliphatic carbocycles. The summed E-state index contributed by atoms with van der Waals surface area (Å²) in [6, 6.07) is 6.15. The lowest BCUT2D eigenvalue weighted by Crippen LogP contribution is -2.50. The number of aliphatic hydroxyl groups excluding tert-OH is 1. The minimum absolute atomic E-state index is 0.211. The highest BCUT2D eigenvalue weighted by atomic mass is 16.3. The van der Waals surface area contributed by atoms with Crippen LogP contribution in [0, 0.1) is 0 Å². The van der Waals surface area contributed by atoms with Crippen molar-refractivity contribution in [3.63, 3.8) is 0 Å². The van der Waals surface area contributed by atoms with E-state index in [-0.39, 0.29) is 18.1 Å². The van der Waals surface area contributed by atoms with E-state index in [1.807, 2.05) is 36.2 Å². The second-order valence-electron chi connectivity index (χ2n) is 7.15. The predicted octanol–water partition coefficient (Wildman–Crippen LogP) is 1.36. The van der Waals surface area contributed by atoms with Crippen LogP contribution in [0.5, 0.6) is 0 Å². The van der Waals surface area contributed by atoms with Gasteiger partial charge < -0.3 is 14.9 Å². The van der Waals surface area contributed by atoms with Gasteiger partial charge in [-0.2, -0.15) is 0 Å². The molecule has 2 aliphatic heterocycles. The summed E-state index contributed by atoms with van der Waals surface area (Å²) in [5, 5.41) is 9.95. The Balaban J connectivity index is 1.45. The van der Waals surface area contributed by atoms with Crippen LogP contribution in [-0.2, 0) is 4.79 Å². The van der Waals surface area contributed by atoms with E-state index in [1.165, 1.54) is 12.8 Å². The van der Waals surface area contributed by atoms with Gasteiger partial charge in [-0.1, -0.05) is 12.5 Å².